The number of rotatable bonds is 7. The van der Waals surface area contributed by atoms with E-state index in [1.54, 1.807) is 36.5 Å². The van der Waals surface area contributed by atoms with Gasteiger partial charge in [0.2, 0.25) is 10.0 Å². The van der Waals surface area contributed by atoms with Crippen LogP contribution in [0.15, 0.2) is 76.7 Å². The van der Waals surface area contributed by atoms with Crippen molar-refractivity contribution in [3.8, 4) is 5.75 Å². The van der Waals surface area contributed by atoms with Crippen LogP contribution in [-0.2, 0) is 16.6 Å². The van der Waals surface area contributed by atoms with Crippen LogP contribution in [0.5, 0.6) is 5.75 Å². The molecule has 0 fully saturated rings. The van der Waals surface area contributed by atoms with Crippen LogP contribution >= 0.6 is 0 Å². The second-order valence-electron chi connectivity index (χ2n) is 7.41. The number of pyridine rings is 1. The van der Waals surface area contributed by atoms with E-state index in [9.17, 15) is 22.8 Å². The monoisotopic (exact) mass is 508 g/mol. The second-order valence-corrected chi connectivity index (χ2v) is 9.14. The highest BCUT2D eigenvalue weighted by molar-refractivity contribution is 7.89. The molecule has 0 spiro atoms. The van der Waals surface area contributed by atoms with E-state index in [4.69, 9.17) is 4.74 Å². The molecule has 36 heavy (non-hydrogen) atoms. The number of aromatic nitrogens is 3. The average Bonchev–Trinajstić information content (AvgIpc) is 2.91. The van der Waals surface area contributed by atoms with E-state index in [0.29, 0.717) is 10.9 Å². The number of hydrazine groups is 1. The van der Waals surface area contributed by atoms with Crippen molar-refractivity contribution in [1.29, 1.82) is 0 Å². The molecule has 0 aliphatic carbocycles. The van der Waals surface area contributed by atoms with Gasteiger partial charge in [0.25, 0.3) is 17.4 Å². The van der Waals surface area contributed by atoms with Gasteiger partial charge in [0.15, 0.2) is 5.69 Å². The quantitative estimate of drug-likeness (QED) is 0.266. The highest BCUT2D eigenvalue weighted by Gasteiger charge is 2.22. The minimum atomic E-state index is -4.07. The Bertz CT molecular complexity index is 1600. The van der Waals surface area contributed by atoms with Crippen LogP contribution in [0.4, 0.5) is 0 Å². The summed E-state index contributed by atoms with van der Waals surface area (Å²) in [6.07, 6.45) is 3.09. The Balaban J connectivity index is 1.51. The number of fused-ring (bicyclic) bond motifs is 1. The lowest BCUT2D eigenvalue weighted by Crippen LogP contribution is -2.42. The molecule has 0 bridgehead atoms. The Hall–Kier alpha value is -4.62. The number of amides is 2. The van der Waals surface area contributed by atoms with Crippen molar-refractivity contribution in [2.45, 2.75) is 11.4 Å². The fourth-order valence-corrected chi connectivity index (χ4v) is 4.53. The maximum absolute atomic E-state index is 12.9. The summed E-state index contributed by atoms with van der Waals surface area (Å²) in [5.74, 6) is -1.54. The van der Waals surface area contributed by atoms with Gasteiger partial charge < -0.3 is 4.74 Å². The molecule has 4 N–H and O–H groups in total. The number of carbonyl (C=O) groups is 2. The summed E-state index contributed by atoms with van der Waals surface area (Å²) in [7, 11) is -2.77. The highest BCUT2D eigenvalue weighted by atomic mass is 32.2. The van der Waals surface area contributed by atoms with E-state index in [-0.39, 0.29) is 33.8 Å². The lowest BCUT2D eigenvalue weighted by molar-refractivity contribution is 0.0844. The van der Waals surface area contributed by atoms with E-state index < -0.39 is 27.4 Å². The summed E-state index contributed by atoms with van der Waals surface area (Å²) >= 11 is 0. The first-order valence-electron chi connectivity index (χ1n) is 10.4. The number of H-pyrrole nitrogens is 1. The van der Waals surface area contributed by atoms with Gasteiger partial charge >= 0.3 is 0 Å². The van der Waals surface area contributed by atoms with Crippen molar-refractivity contribution in [2.75, 3.05) is 7.11 Å². The van der Waals surface area contributed by atoms with Crippen LogP contribution in [0.25, 0.3) is 10.8 Å². The van der Waals surface area contributed by atoms with Gasteiger partial charge in [-0.25, -0.2) is 18.2 Å². The van der Waals surface area contributed by atoms with Crippen molar-refractivity contribution in [1.82, 2.24) is 30.8 Å². The van der Waals surface area contributed by atoms with Gasteiger partial charge in [-0.1, -0.05) is 24.3 Å². The lowest BCUT2D eigenvalue weighted by atomic mass is 10.1. The minimum absolute atomic E-state index is 0.0219. The van der Waals surface area contributed by atoms with Gasteiger partial charge in [0.1, 0.15) is 10.6 Å². The molecule has 4 aromatic rings. The molecule has 184 valence electrons. The first-order valence-corrected chi connectivity index (χ1v) is 11.9. The molecule has 0 saturated heterocycles. The Labute approximate surface area is 204 Å². The zero-order chi connectivity index (χ0) is 25.7. The van der Waals surface area contributed by atoms with Gasteiger partial charge in [-0.05, 0) is 35.9 Å². The Kier molecular flexibility index (Phi) is 7.03. The summed E-state index contributed by atoms with van der Waals surface area (Å²) in [5.41, 5.74) is 4.44. The largest absolute Gasteiger partial charge is 0.495 e. The number of methoxy groups -OCH3 is 1. The summed E-state index contributed by atoms with van der Waals surface area (Å²) in [4.78, 5) is 40.9. The zero-order valence-electron chi connectivity index (χ0n) is 18.8. The number of benzene rings is 2. The van der Waals surface area contributed by atoms with E-state index in [2.05, 4.69) is 30.8 Å². The fourth-order valence-electron chi connectivity index (χ4n) is 3.32. The molecule has 0 aliphatic rings. The van der Waals surface area contributed by atoms with Crippen molar-refractivity contribution < 1.29 is 22.7 Å². The molecule has 0 atom stereocenters. The zero-order valence-corrected chi connectivity index (χ0v) is 19.6. The third kappa shape index (κ3) is 5.21. The predicted octanol–water partition coefficient (Wildman–Crippen LogP) is 0.880. The number of ether oxygens (including phenoxy) is 1. The maximum atomic E-state index is 12.9. The SMILES string of the molecule is COc1ccc(C(=O)NNC(=O)c2n[nH]c(=O)c3ccccc23)cc1S(=O)(=O)NCc1cccnc1. The second kappa shape index (κ2) is 10.3. The van der Waals surface area contributed by atoms with E-state index in [1.165, 1.54) is 31.5 Å². The van der Waals surface area contributed by atoms with Crippen molar-refractivity contribution >= 4 is 32.6 Å². The molecule has 2 heterocycles. The smallest absolute Gasteiger partial charge is 0.290 e. The Morgan fingerprint density at radius 3 is 2.47 bits per heavy atom. The molecule has 0 radical (unpaired) electrons. The molecule has 4 rings (SSSR count). The predicted molar refractivity (Wildman–Crippen MR) is 129 cm³/mol. The first kappa shape index (κ1) is 24.5. The number of nitrogens with zero attached hydrogens (tertiary/aromatic N) is 2. The molecule has 0 aliphatic heterocycles. The summed E-state index contributed by atoms with van der Waals surface area (Å²) in [6, 6.07) is 13.5. The summed E-state index contributed by atoms with van der Waals surface area (Å²) < 4.78 is 33.4. The highest BCUT2D eigenvalue weighted by Crippen LogP contribution is 2.25. The van der Waals surface area contributed by atoms with Gasteiger partial charge in [-0.15, -0.1) is 0 Å². The maximum Gasteiger partial charge on any atom is 0.290 e. The third-order valence-electron chi connectivity index (χ3n) is 5.11. The third-order valence-corrected chi connectivity index (χ3v) is 6.53. The van der Waals surface area contributed by atoms with Crippen LogP contribution in [0.3, 0.4) is 0 Å². The minimum Gasteiger partial charge on any atom is -0.495 e. The number of hydrogen-bond donors (Lipinski definition) is 4. The van der Waals surface area contributed by atoms with Gasteiger partial charge in [-0.3, -0.25) is 30.2 Å². The molecular weight excluding hydrogens is 488 g/mol. The molecular formula is C23H20N6O6S. The number of nitrogens with one attached hydrogen (secondary N) is 4. The van der Waals surface area contributed by atoms with Crippen molar-refractivity contribution in [3.63, 3.8) is 0 Å². The van der Waals surface area contributed by atoms with Crippen molar-refractivity contribution in [2.24, 2.45) is 0 Å². The van der Waals surface area contributed by atoms with Gasteiger partial charge in [-0.2, -0.15) is 5.10 Å². The Morgan fingerprint density at radius 2 is 1.75 bits per heavy atom. The molecule has 12 nitrogen and oxygen atoms in total. The standard InChI is InChI=1S/C23H20N6O6S/c1-35-18-9-8-15(11-19(18)36(33,34)25-13-14-5-4-10-24-12-14)21(30)27-29-23(32)20-16-6-2-3-7-17(16)22(31)28-26-20/h2-12,25H,13H2,1H3,(H,27,30)(H,28,31)(H,29,32). The molecule has 2 aromatic heterocycles. The van der Waals surface area contributed by atoms with E-state index >= 15 is 0 Å². The molecule has 2 amide bonds. The molecule has 0 saturated carbocycles. The normalized spacial score (nSPS) is 11.1. The van der Waals surface area contributed by atoms with E-state index in [0.717, 1.165) is 6.07 Å². The number of sulfonamides is 1. The van der Waals surface area contributed by atoms with Crippen molar-refractivity contribution in [3.05, 3.63) is 94.2 Å². The fraction of sp³-hybridized carbons (Fsp3) is 0.0870. The van der Waals surface area contributed by atoms with Crippen LogP contribution in [0.1, 0.15) is 26.4 Å². The van der Waals surface area contributed by atoms with E-state index in [1.807, 2.05) is 0 Å². The molecule has 13 heteroatoms. The molecule has 2 aromatic carbocycles. The van der Waals surface area contributed by atoms with Crippen LogP contribution in [0, 0.1) is 0 Å². The van der Waals surface area contributed by atoms with Gasteiger partial charge in [0, 0.05) is 29.9 Å². The van der Waals surface area contributed by atoms with Crippen LogP contribution in [-0.4, -0.2) is 42.5 Å². The Morgan fingerprint density at radius 1 is 1.00 bits per heavy atom. The van der Waals surface area contributed by atoms with Crippen LogP contribution < -0.4 is 25.9 Å². The topological polar surface area (TPSA) is 172 Å². The number of hydrogen-bond acceptors (Lipinski definition) is 8. The summed E-state index contributed by atoms with van der Waals surface area (Å²) in [6.45, 7) is -0.0219. The van der Waals surface area contributed by atoms with Gasteiger partial charge in [0.05, 0.1) is 12.5 Å². The summed E-state index contributed by atoms with van der Waals surface area (Å²) in [5, 5.41) is 6.55. The van der Waals surface area contributed by atoms with Crippen LogP contribution in [0.2, 0.25) is 0 Å². The number of aromatic amines is 1. The first-order chi connectivity index (χ1) is 17.3. The molecule has 0 unspecified atom stereocenters. The number of carbonyl (C=O) groups excluding carboxylic acids is 2. The average molecular weight is 509 g/mol. The lowest BCUT2D eigenvalue weighted by Gasteiger charge is -2.13.